The molecule has 0 radical (unpaired) electrons. The summed E-state index contributed by atoms with van der Waals surface area (Å²) in [6, 6.07) is 11.4. The van der Waals surface area contributed by atoms with Gasteiger partial charge in [-0.3, -0.25) is 9.89 Å². The van der Waals surface area contributed by atoms with Crippen LogP contribution in [0.1, 0.15) is 16.1 Å². The number of aromatic nitrogens is 5. The van der Waals surface area contributed by atoms with E-state index in [2.05, 4.69) is 30.6 Å². The molecule has 0 aliphatic carbocycles. The molecule has 0 spiro atoms. The number of aromatic amines is 1. The molecule has 1 amide bonds. The summed E-state index contributed by atoms with van der Waals surface area (Å²) in [6.45, 7) is 1.69. The smallest absolute Gasteiger partial charge is 0.260 e. The molecule has 0 unspecified atom stereocenters. The Bertz CT molecular complexity index is 1340. The maximum Gasteiger partial charge on any atom is 0.260 e. The van der Waals surface area contributed by atoms with Crippen molar-refractivity contribution in [3.05, 3.63) is 66.3 Å². The molecule has 0 saturated carbocycles. The molecule has 28 heavy (non-hydrogen) atoms. The number of carbonyl (C=O) groups is 1. The lowest BCUT2D eigenvalue weighted by Crippen LogP contribution is -2.12. The number of fused-ring (bicyclic) bond motifs is 2. The summed E-state index contributed by atoms with van der Waals surface area (Å²) in [7, 11) is 0. The summed E-state index contributed by atoms with van der Waals surface area (Å²) in [5.74, 6) is 0.796. The summed E-state index contributed by atoms with van der Waals surface area (Å²) < 4.78 is 4.94. The second-order valence-corrected chi connectivity index (χ2v) is 6.39. The monoisotopic (exact) mass is 370 g/mol. The van der Waals surface area contributed by atoms with Crippen LogP contribution in [0.15, 0.2) is 59.5 Å². The molecular weight excluding hydrogens is 356 g/mol. The molecule has 5 rings (SSSR count). The Morgan fingerprint density at radius 2 is 2.00 bits per heavy atom. The minimum absolute atomic E-state index is 0.280. The molecule has 136 valence electrons. The van der Waals surface area contributed by atoms with Gasteiger partial charge in [-0.1, -0.05) is 5.16 Å². The number of aryl methyl sites for hydroxylation is 1. The van der Waals surface area contributed by atoms with Gasteiger partial charge in [0.05, 0.1) is 23.4 Å². The van der Waals surface area contributed by atoms with Gasteiger partial charge in [0.15, 0.2) is 5.82 Å². The molecule has 0 fully saturated rings. The minimum atomic E-state index is -0.280. The standard InChI is InChI=1S/C20H14N6O2/c1-11-16(10-23-28-11)20(27)24-15-4-2-13-8-21-19(25-18(13)7-15)12-3-5-17-14(6-12)9-22-26-17/h2-10H,1H3,(H,22,26)(H,24,27). The van der Waals surface area contributed by atoms with E-state index >= 15 is 0 Å². The Morgan fingerprint density at radius 3 is 2.86 bits per heavy atom. The highest BCUT2D eigenvalue weighted by Gasteiger charge is 2.13. The quantitative estimate of drug-likeness (QED) is 0.501. The lowest BCUT2D eigenvalue weighted by Gasteiger charge is -2.07. The van der Waals surface area contributed by atoms with Gasteiger partial charge in [-0.25, -0.2) is 9.97 Å². The summed E-state index contributed by atoms with van der Waals surface area (Å²) >= 11 is 0. The maximum atomic E-state index is 12.4. The largest absolute Gasteiger partial charge is 0.361 e. The summed E-state index contributed by atoms with van der Waals surface area (Å²) in [5.41, 5.74) is 3.62. The Labute approximate surface area is 158 Å². The lowest BCUT2D eigenvalue weighted by atomic mass is 10.1. The van der Waals surface area contributed by atoms with E-state index in [1.807, 2.05) is 36.4 Å². The van der Waals surface area contributed by atoms with Crippen molar-refractivity contribution in [1.82, 2.24) is 25.3 Å². The van der Waals surface area contributed by atoms with E-state index in [0.29, 0.717) is 22.8 Å². The molecule has 5 aromatic rings. The number of carbonyl (C=O) groups excluding carboxylic acids is 1. The Balaban J connectivity index is 1.50. The second kappa shape index (κ2) is 6.27. The molecule has 0 aliphatic heterocycles. The van der Waals surface area contributed by atoms with Crippen LogP contribution >= 0.6 is 0 Å². The number of hydrogen-bond donors (Lipinski definition) is 2. The van der Waals surface area contributed by atoms with E-state index in [9.17, 15) is 4.79 Å². The molecular formula is C20H14N6O2. The maximum absolute atomic E-state index is 12.4. The third-order valence-electron chi connectivity index (χ3n) is 4.53. The fourth-order valence-corrected chi connectivity index (χ4v) is 3.04. The fourth-order valence-electron chi connectivity index (χ4n) is 3.04. The highest BCUT2D eigenvalue weighted by molar-refractivity contribution is 6.05. The van der Waals surface area contributed by atoms with Gasteiger partial charge in [-0.2, -0.15) is 5.10 Å². The van der Waals surface area contributed by atoms with Crippen LogP contribution in [0, 0.1) is 6.92 Å². The molecule has 0 atom stereocenters. The number of rotatable bonds is 3. The van der Waals surface area contributed by atoms with Gasteiger partial charge in [0, 0.05) is 28.2 Å². The molecule has 0 aliphatic rings. The van der Waals surface area contributed by atoms with Crippen LogP contribution in [-0.2, 0) is 0 Å². The van der Waals surface area contributed by atoms with Crippen LogP contribution in [0.5, 0.6) is 0 Å². The van der Waals surface area contributed by atoms with Gasteiger partial charge in [0.2, 0.25) is 0 Å². The van der Waals surface area contributed by atoms with Crippen LogP contribution < -0.4 is 5.32 Å². The number of benzene rings is 2. The molecule has 0 saturated heterocycles. The Hall–Kier alpha value is -4.07. The SMILES string of the molecule is Cc1oncc1C(=O)Nc1ccc2cnc(-c3ccc4[nH]ncc4c3)nc2c1. The molecule has 3 aromatic heterocycles. The first-order valence-electron chi connectivity index (χ1n) is 8.60. The topological polar surface area (TPSA) is 110 Å². The Morgan fingerprint density at radius 1 is 1.07 bits per heavy atom. The molecule has 3 heterocycles. The van der Waals surface area contributed by atoms with Crippen molar-refractivity contribution in [3.63, 3.8) is 0 Å². The first kappa shape index (κ1) is 16.1. The normalized spacial score (nSPS) is 11.2. The number of nitrogens with one attached hydrogen (secondary N) is 2. The van der Waals surface area contributed by atoms with Crippen LogP contribution in [0.2, 0.25) is 0 Å². The van der Waals surface area contributed by atoms with Crippen molar-refractivity contribution in [2.24, 2.45) is 0 Å². The molecule has 0 bridgehead atoms. The zero-order valence-corrected chi connectivity index (χ0v) is 14.8. The first-order valence-corrected chi connectivity index (χ1v) is 8.60. The average molecular weight is 370 g/mol. The fraction of sp³-hybridized carbons (Fsp3) is 0.0500. The first-order chi connectivity index (χ1) is 13.7. The summed E-state index contributed by atoms with van der Waals surface area (Å²) in [6.07, 6.45) is 4.94. The van der Waals surface area contributed by atoms with E-state index in [0.717, 1.165) is 27.4 Å². The lowest BCUT2D eigenvalue weighted by molar-refractivity contribution is 0.102. The highest BCUT2D eigenvalue weighted by Crippen LogP contribution is 2.24. The van der Waals surface area contributed by atoms with Gasteiger partial charge < -0.3 is 9.84 Å². The summed E-state index contributed by atoms with van der Waals surface area (Å²) in [4.78, 5) is 21.5. The Kier molecular flexibility index (Phi) is 3.61. The predicted molar refractivity (Wildman–Crippen MR) is 104 cm³/mol. The van der Waals surface area contributed by atoms with Crippen molar-refractivity contribution < 1.29 is 9.32 Å². The number of anilines is 1. The number of nitrogens with zero attached hydrogens (tertiary/aromatic N) is 4. The van der Waals surface area contributed by atoms with E-state index in [1.165, 1.54) is 6.20 Å². The zero-order valence-electron chi connectivity index (χ0n) is 14.8. The number of hydrogen-bond acceptors (Lipinski definition) is 6. The molecule has 8 nitrogen and oxygen atoms in total. The van der Waals surface area contributed by atoms with E-state index in [1.54, 1.807) is 19.3 Å². The van der Waals surface area contributed by atoms with Crippen LogP contribution in [-0.4, -0.2) is 31.2 Å². The summed E-state index contributed by atoms with van der Waals surface area (Å²) in [5, 5.41) is 15.3. The average Bonchev–Trinajstić information content (AvgIpc) is 3.35. The third-order valence-corrected chi connectivity index (χ3v) is 4.53. The van der Waals surface area contributed by atoms with Crippen molar-refractivity contribution in [2.45, 2.75) is 6.92 Å². The van der Waals surface area contributed by atoms with Gasteiger partial charge >= 0.3 is 0 Å². The van der Waals surface area contributed by atoms with Gasteiger partial charge in [-0.05, 0) is 43.3 Å². The van der Waals surface area contributed by atoms with Crippen LogP contribution in [0.4, 0.5) is 5.69 Å². The molecule has 2 N–H and O–H groups in total. The minimum Gasteiger partial charge on any atom is -0.361 e. The number of H-pyrrole nitrogens is 1. The predicted octanol–water partition coefficient (Wildman–Crippen LogP) is 3.72. The van der Waals surface area contributed by atoms with E-state index < -0.39 is 0 Å². The van der Waals surface area contributed by atoms with Crippen molar-refractivity contribution >= 4 is 33.4 Å². The molecule has 8 heteroatoms. The van der Waals surface area contributed by atoms with Crippen molar-refractivity contribution in [2.75, 3.05) is 5.32 Å². The van der Waals surface area contributed by atoms with Crippen molar-refractivity contribution in [3.8, 4) is 11.4 Å². The zero-order chi connectivity index (χ0) is 19.1. The highest BCUT2D eigenvalue weighted by atomic mass is 16.5. The third kappa shape index (κ3) is 2.77. The van der Waals surface area contributed by atoms with Gasteiger partial charge in [0.25, 0.3) is 5.91 Å². The van der Waals surface area contributed by atoms with E-state index in [4.69, 9.17) is 4.52 Å². The number of amides is 1. The molecule has 2 aromatic carbocycles. The van der Waals surface area contributed by atoms with Gasteiger partial charge in [0.1, 0.15) is 11.3 Å². The van der Waals surface area contributed by atoms with E-state index in [-0.39, 0.29) is 5.91 Å². The second-order valence-electron chi connectivity index (χ2n) is 6.39. The van der Waals surface area contributed by atoms with Crippen LogP contribution in [0.25, 0.3) is 33.2 Å². The van der Waals surface area contributed by atoms with Gasteiger partial charge in [-0.15, -0.1) is 0 Å². The van der Waals surface area contributed by atoms with Crippen molar-refractivity contribution in [1.29, 1.82) is 0 Å². The van der Waals surface area contributed by atoms with Crippen LogP contribution in [0.3, 0.4) is 0 Å².